The molecule has 0 saturated carbocycles. The molecule has 0 radical (unpaired) electrons. The summed E-state index contributed by atoms with van der Waals surface area (Å²) in [6.07, 6.45) is 0. The van der Waals surface area contributed by atoms with E-state index in [0.717, 1.165) is 0 Å². The summed E-state index contributed by atoms with van der Waals surface area (Å²) >= 11 is 0. The number of aryl methyl sites for hydroxylation is 1. The third kappa shape index (κ3) is 1.19. The second-order valence-corrected chi connectivity index (χ2v) is 1.84. The van der Waals surface area contributed by atoms with Crippen LogP contribution in [0.15, 0.2) is 0 Å². The van der Waals surface area contributed by atoms with Crippen LogP contribution in [0.25, 0.3) is 0 Å². The van der Waals surface area contributed by atoms with E-state index < -0.39 is 15.9 Å². The van der Waals surface area contributed by atoms with Gasteiger partial charge < -0.3 is 20.2 Å². The number of nitrogens with zero attached hydrogens (tertiary/aromatic N) is 5. The standard InChI is InChI=1S/C3H3N5O4/c1-2-4-3(7(9)10)5-6(2)8(11)12/h1H3. The van der Waals surface area contributed by atoms with E-state index in [9.17, 15) is 20.2 Å². The van der Waals surface area contributed by atoms with Crippen molar-refractivity contribution in [2.24, 2.45) is 0 Å². The number of rotatable bonds is 2. The van der Waals surface area contributed by atoms with Gasteiger partial charge in [0.25, 0.3) is 5.82 Å². The van der Waals surface area contributed by atoms with Crippen LogP contribution in [0.5, 0.6) is 0 Å². The van der Waals surface area contributed by atoms with Gasteiger partial charge in [0, 0.05) is 6.92 Å². The third-order valence-electron chi connectivity index (χ3n) is 1.05. The summed E-state index contributed by atoms with van der Waals surface area (Å²) in [6, 6.07) is 0. The smallest absolute Gasteiger partial charge is 0.389 e. The quantitative estimate of drug-likeness (QED) is 0.440. The average molecular weight is 173 g/mol. The molecule has 0 bridgehead atoms. The second-order valence-electron chi connectivity index (χ2n) is 1.84. The van der Waals surface area contributed by atoms with Gasteiger partial charge in [-0.25, -0.2) is 0 Å². The SMILES string of the molecule is Cc1nc([N+](=O)[O-])nn1[N+](=O)[O-]. The molecule has 64 valence electrons. The Morgan fingerprint density at radius 2 is 2.00 bits per heavy atom. The van der Waals surface area contributed by atoms with Crippen LogP contribution in [0.2, 0.25) is 0 Å². The zero-order valence-electron chi connectivity index (χ0n) is 5.87. The number of hydrogen-bond donors (Lipinski definition) is 0. The van der Waals surface area contributed by atoms with Crippen LogP contribution in [0.4, 0.5) is 5.95 Å². The maximum atomic E-state index is 10.1. The maximum absolute atomic E-state index is 10.1. The van der Waals surface area contributed by atoms with Crippen LogP contribution in [-0.4, -0.2) is 24.8 Å². The predicted octanol–water partition coefficient (Wildman–Crippen LogP) is -0.465. The number of aromatic nitrogens is 3. The van der Waals surface area contributed by atoms with Gasteiger partial charge in [0.15, 0.2) is 0 Å². The second kappa shape index (κ2) is 2.53. The Hall–Kier alpha value is -2.06. The van der Waals surface area contributed by atoms with E-state index in [1.165, 1.54) is 6.92 Å². The van der Waals surface area contributed by atoms with Crippen LogP contribution in [-0.2, 0) is 0 Å². The average Bonchev–Trinajstić information content (AvgIpc) is 2.30. The molecule has 1 heterocycles. The lowest BCUT2D eigenvalue weighted by molar-refractivity contribution is -0.555. The van der Waals surface area contributed by atoms with E-state index in [1.54, 1.807) is 0 Å². The minimum absolute atomic E-state index is 0.133. The van der Waals surface area contributed by atoms with E-state index >= 15 is 0 Å². The van der Waals surface area contributed by atoms with Crippen molar-refractivity contribution in [3.05, 3.63) is 26.1 Å². The van der Waals surface area contributed by atoms with E-state index in [1.807, 2.05) is 0 Å². The first-order valence-electron chi connectivity index (χ1n) is 2.75. The van der Waals surface area contributed by atoms with Crippen molar-refractivity contribution in [1.29, 1.82) is 0 Å². The molecule has 0 spiro atoms. The molecule has 0 fully saturated rings. The van der Waals surface area contributed by atoms with E-state index in [0.29, 0.717) is 0 Å². The lowest BCUT2D eigenvalue weighted by Gasteiger charge is -1.87. The molecule has 9 nitrogen and oxygen atoms in total. The van der Waals surface area contributed by atoms with E-state index in [-0.39, 0.29) is 10.6 Å². The summed E-state index contributed by atoms with van der Waals surface area (Å²) in [4.78, 5) is 22.7. The highest BCUT2D eigenvalue weighted by molar-refractivity contribution is 5.01. The first-order chi connectivity index (χ1) is 5.52. The van der Waals surface area contributed by atoms with Crippen molar-refractivity contribution in [1.82, 2.24) is 14.9 Å². The van der Waals surface area contributed by atoms with Gasteiger partial charge >= 0.3 is 5.95 Å². The van der Waals surface area contributed by atoms with Gasteiger partial charge in [-0.05, 0) is 9.91 Å². The lowest BCUT2D eigenvalue weighted by atomic mass is 10.7. The monoisotopic (exact) mass is 173 g/mol. The molecule has 9 heteroatoms. The van der Waals surface area contributed by atoms with Crippen molar-refractivity contribution in [3.8, 4) is 0 Å². The molecule has 0 atom stereocenters. The molecule has 12 heavy (non-hydrogen) atoms. The first-order valence-corrected chi connectivity index (χ1v) is 2.75. The maximum Gasteiger partial charge on any atom is 0.532 e. The van der Waals surface area contributed by atoms with Crippen molar-refractivity contribution in [3.63, 3.8) is 0 Å². The van der Waals surface area contributed by atoms with Gasteiger partial charge in [0.2, 0.25) is 0 Å². The van der Waals surface area contributed by atoms with Crippen molar-refractivity contribution >= 4 is 5.95 Å². The van der Waals surface area contributed by atoms with Crippen LogP contribution >= 0.6 is 0 Å². The molecule has 1 aromatic heterocycles. The molecule has 0 saturated heterocycles. The normalized spacial score (nSPS) is 9.75. The summed E-state index contributed by atoms with van der Waals surface area (Å²) in [5, 5.41) is 22.3. The van der Waals surface area contributed by atoms with Gasteiger partial charge in [-0.3, -0.25) is 0 Å². The first kappa shape index (κ1) is 8.04. The van der Waals surface area contributed by atoms with Crippen LogP contribution in [0, 0.1) is 27.2 Å². The summed E-state index contributed by atoms with van der Waals surface area (Å²) in [5.74, 6) is -0.907. The molecule has 1 rings (SSSR count). The van der Waals surface area contributed by atoms with Crippen molar-refractivity contribution < 1.29 is 9.96 Å². The zero-order chi connectivity index (χ0) is 9.30. The van der Waals surface area contributed by atoms with Gasteiger partial charge in [-0.2, -0.15) is 0 Å². The molecule has 0 aliphatic carbocycles. The summed E-state index contributed by atoms with van der Waals surface area (Å²) in [7, 11) is 0. The molecule has 0 N–H and O–H groups in total. The summed E-state index contributed by atoms with van der Waals surface area (Å²) < 4.78 is 0. The van der Waals surface area contributed by atoms with Crippen LogP contribution < -0.4 is 0 Å². The minimum atomic E-state index is -0.896. The molecule has 1 aromatic rings. The highest BCUT2D eigenvalue weighted by Crippen LogP contribution is 2.03. The number of nitro groups is 2. The Morgan fingerprint density at radius 1 is 1.42 bits per heavy atom. The fraction of sp³-hybridized carbons (Fsp3) is 0.333. The lowest BCUT2D eigenvalue weighted by Crippen LogP contribution is -2.12. The largest absolute Gasteiger partial charge is 0.532 e. The Balaban J connectivity index is 3.17. The van der Waals surface area contributed by atoms with Gasteiger partial charge in [-0.1, -0.05) is 0 Å². The predicted molar refractivity (Wildman–Crippen MR) is 33.8 cm³/mol. The topological polar surface area (TPSA) is 117 Å². The highest BCUT2D eigenvalue weighted by Gasteiger charge is 2.23. The minimum Gasteiger partial charge on any atom is -0.389 e. The Kier molecular flexibility index (Phi) is 1.69. The molecule has 0 aromatic carbocycles. The molecular weight excluding hydrogens is 170 g/mol. The van der Waals surface area contributed by atoms with Crippen LogP contribution in [0.3, 0.4) is 0 Å². The Morgan fingerprint density at radius 3 is 2.25 bits per heavy atom. The molecule has 0 amide bonds. The summed E-state index contributed by atoms with van der Waals surface area (Å²) in [5.41, 5.74) is 0. The van der Waals surface area contributed by atoms with Crippen molar-refractivity contribution in [2.75, 3.05) is 0 Å². The molecule has 0 aliphatic heterocycles. The zero-order valence-corrected chi connectivity index (χ0v) is 5.87. The molecule has 0 unspecified atom stereocenters. The van der Waals surface area contributed by atoms with Gasteiger partial charge in [0.05, 0.1) is 9.82 Å². The van der Waals surface area contributed by atoms with Crippen LogP contribution in [0.1, 0.15) is 5.82 Å². The van der Waals surface area contributed by atoms with E-state index in [4.69, 9.17) is 0 Å². The van der Waals surface area contributed by atoms with Crippen molar-refractivity contribution in [2.45, 2.75) is 6.92 Å². The summed E-state index contributed by atoms with van der Waals surface area (Å²) in [6.45, 7) is 1.25. The third-order valence-corrected chi connectivity index (χ3v) is 1.05. The van der Waals surface area contributed by atoms with Gasteiger partial charge in [0.1, 0.15) is 5.10 Å². The Bertz CT molecular complexity index is 342. The van der Waals surface area contributed by atoms with E-state index in [2.05, 4.69) is 10.1 Å². The fourth-order valence-corrected chi connectivity index (χ4v) is 0.601. The Labute approximate surface area is 64.9 Å². The van der Waals surface area contributed by atoms with Gasteiger partial charge in [-0.15, -0.1) is 0 Å². The number of hydrogen-bond acceptors (Lipinski definition) is 6. The molecule has 0 aliphatic rings. The molecular formula is C3H3N5O4. The highest BCUT2D eigenvalue weighted by atomic mass is 16.7. The fourth-order valence-electron chi connectivity index (χ4n) is 0.601.